The van der Waals surface area contributed by atoms with Crippen LogP contribution >= 0.6 is 0 Å². The monoisotopic (exact) mass is 382 g/mol. The van der Waals surface area contributed by atoms with E-state index in [0.717, 1.165) is 0 Å². The zero-order valence-electron chi connectivity index (χ0n) is 15.2. The summed E-state index contributed by atoms with van der Waals surface area (Å²) in [5.74, 6) is -0.422. The number of amides is 1. The summed E-state index contributed by atoms with van der Waals surface area (Å²) in [4.78, 5) is 38.4. The third-order valence-electron chi connectivity index (χ3n) is 3.56. The average molecular weight is 382 g/mol. The van der Waals surface area contributed by atoms with Gasteiger partial charge in [-0.15, -0.1) is 0 Å². The Labute approximate surface area is 160 Å². The molecular weight excluding hydrogens is 364 g/mol. The lowest BCUT2D eigenvalue weighted by Crippen LogP contribution is -2.18. The van der Waals surface area contributed by atoms with Crippen LogP contribution in [0.3, 0.4) is 0 Å². The number of nitrogens with zero attached hydrogens (tertiary/aromatic N) is 4. The number of nitrogen functional groups attached to an aromatic ring is 1. The summed E-state index contributed by atoms with van der Waals surface area (Å²) in [5, 5.41) is 2.62. The molecule has 0 aliphatic heterocycles. The van der Waals surface area contributed by atoms with Crippen LogP contribution in [-0.4, -0.2) is 40.9 Å². The fourth-order valence-corrected chi connectivity index (χ4v) is 2.26. The predicted octanol–water partition coefficient (Wildman–Crippen LogP) is 1.72. The van der Waals surface area contributed by atoms with Gasteiger partial charge in [0.15, 0.2) is 18.2 Å². The number of anilines is 3. The maximum atomic E-state index is 12.5. The summed E-state index contributed by atoms with van der Waals surface area (Å²) < 4.78 is 10.3. The first kappa shape index (κ1) is 18.8. The van der Waals surface area contributed by atoms with Gasteiger partial charge < -0.3 is 25.1 Å². The predicted molar refractivity (Wildman–Crippen MR) is 101 cm³/mol. The molecule has 3 N–H and O–H groups in total. The molecule has 2 aromatic heterocycles. The molecule has 3 rings (SSSR count). The van der Waals surface area contributed by atoms with Crippen molar-refractivity contribution >= 4 is 29.5 Å². The molecule has 1 aromatic carbocycles. The SMILES string of the molecule is CN(C)c1nc(N)nc(COC(=O)c2ccccc2NC(=O)c2ccco2)n1. The van der Waals surface area contributed by atoms with Gasteiger partial charge in [-0.25, -0.2) is 4.79 Å². The van der Waals surface area contributed by atoms with Crippen LogP contribution in [0.4, 0.5) is 17.6 Å². The van der Waals surface area contributed by atoms with Gasteiger partial charge in [0, 0.05) is 14.1 Å². The number of carbonyl (C=O) groups excluding carboxylic acids is 2. The molecule has 10 nitrogen and oxygen atoms in total. The molecule has 2 heterocycles. The Morgan fingerprint density at radius 3 is 2.64 bits per heavy atom. The maximum Gasteiger partial charge on any atom is 0.340 e. The van der Waals surface area contributed by atoms with E-state index in [9.17, 15) is 9.59 Å². The summed E-state index contributed by atoms with van der Waals surface area (Å²) in [6, 6.07) is 9.58. The Kier molecular flexibility index (Phi) is 5.49. The average Bonchev–Trinajstić information content (AvgIpc) is 3.21. The maximum absolute atomic E-state index is 12.5. The molecule has 3 aromatic rings. The highest BCUT2D eigenvalue weighted by molar-refractivity contribution is 6.06. The number of carbonyl (C=O) groups is 2. The van der Waals surface area contributed by atoms with Gasteiger partial charge in [0.2, 0.25) is 11.9 Å². The van der Waals surface area contributed by atoms with Gasteiger partial charge in [0.25, 0.3) is 5.91 Å². The Hall–Kier alpha value is -3.95. The molecular formula is C18H18N6O4. The fraction of sp³-hybridized carbons (Fsp3) is 0.167. The Bertz CT molecular complexity index is 988. The zero-order valence-corrected chi connectivity index (χ0v) is 15.2. The first-order chi connectivity index (χ1) is 13.4. The minimum Gasteiger partial charge on any atom is -0.459 e. The number of esters is 1. The molecule has 144 valence electrons. The second-order valence-corrected chi connectivity index (χ2v) is 5.86. The van der Waals surface area contributed by atoms with Crippen molar-refractivity contribution in [2.24, 2.45) is 0 Å². The summed E-state index contributed by atoms with van der Waals surface area (Å²) in [6.07, 6.45) is 1.39. The Morgan fingerprint density at radius 1 is 1.14 bits per heavy atom. The summed E-state index contributed by atoms with van der Waals surface area (Å²) in [6.45, 7) is -0.202. The van der Waals surface area contributed by atoms with E-state index in [4.69, 9.17) is 14.9 Å². The molecule has 0 unspecified atom stereocenters. The first-order valence-electron chi connectivity index (χ1n) is 8.23. The number of furan rings is 1. The van der Waals surface area contributed by atoms with Crippen LogP contribution in [0.25, 0.3) is 0 Å². The van der Waals surface area contributed by atoms with Crippen LogP contribution in [0.2, 0.25) is 0 Å². The van der Waals surface area contributed by atoms with Crippen molar-refractivity contribution < 1.29 is 18.7 Å². The standard InChI is InChI=1S/C18H18N6O4/c1-24(2)18-22-14(21-17(19)23-18)10-28-16(26)11-6-3-4-7-12(11)20-15(25)13-8-5-9-27-13/h3-9H,10H2,1-2H3,(H,20,25)(H2,19,21,22,23). The highest BCUT2D eigenvalue weighted by Crippen LogP contribution is 2.18. The van der Waals surface area contributed by atoms with Gasteiger partial charge in [-0.1, -0.05) is 12.1 Å². The number of aromatic nitrogens is 3. The van der Waals surface area contributed by atoms with E-state index in [0.29, 0.717) is 5.95 Å². The number of nitrogens with one attached hydrogen (secondary N) is 1. The van der Waals surface area contributed by atoms with Crippen molar-refractivity contribution in [2.75, 3.05) is 30.0 Å². The van der Waals surface area contributed by atoms with Crippen LogP contribution in [0.15, 0.2) is 47.1 Å². The van der Waals surface area contributed by atoms with E-state index in [1.54, 1.807) is 43.3 Å². The summed E-state index contributed by atoms with van der Waals surface area (Å²) >= 11 is 0. The minimum absolute atomic E-state index is 0.0239. The van der Waals surface area contributed by atoms with Crippen LogP contribution in [0, 0.1) is 0 Å². The Morgan fingerprint density at radius 2 is 1.93 bits per heavy atom. The van der Waals surface area contributed by atoms with Gasteiger partial charge in [-0.3, -0.25) is 4.79 Å². The van der Waals surface area contributed by atoms with E-state index in [2.05, 4.69) is 20.3 Å². The molecule has 0 aliphatic carbocycles. The molecule has 28 heavy (non-hydrogen) atoms. The lowest BCUT2D eigenvalue weighted by Gasteiger charge is -2.12. The van der Waals surface area contributed by atoms with E-state index in [1.807, 2.05) is 0 Å². The van der Waals surface area contributed by atoms with Gasteiger partial charge in [0.05, 0.1) is 17.5 Å². The number of para-hydroxylation sites is 1. The lowest BCUT2D eigenvalue weighted by atomic mass is 10.1. The van der Waals surface area contributed by atoms with Crippen molar-refractivity contribution in [1.29, 1.82) is 0 Å². The topological polar surface area (TPSA) is 136 Å². The highest BCUT2D eigenvalue weighted by atomic mass is 16.5. The quantitative estimate of drug-likeness (QED) is 0.610. The molecule has 0 saturated heterocycles. The highest BCUT2D eigenvalue weighted by Gasteiger charge is 2.17. The van der Waals surface area contributed by atoms with Gasteiger partial charge in [-0.05, 0) is 24.3 Å². The molecule has 1 amide bonds. The second-order valence-electron chi connectivity index (χ2n) is 5.86. The van der Waals surface area contributed by atoms with Gasteiger partial charge in [0.1, 0.15) is 0 Å². The fourth-order valence-electron chi connectivity index (χ4n) is 2.26. The molecule has 0 radical (unpaired) electrons. The van der Waals surface area contributed by atoms with Crippen molar-refractivity contribution in [3.8, 4) is 0 Å². The van der Waals surface area contributed by atoms with Gasteiger partial charge in [-0.2, -0.15) is 15.0 Å². The molecule has 0 saturated carbocycles. The minimum atomic E-state index is -0.652. The molecule has 0 atom stereocenters. The molecule has 0 bridgehead atoms. The van der Waals surface area contributed by atoms with E-state index in [1.165, 1.54) is 18.4 Å². The second kappa shape index (κ2) is 8.16. The molecule has 10 heteroatoms. The van der Waals surface area contributed by atoms with Crippen LogP contribution in [-0.2, 0) is 11.3 Å². The number of nitrogens with two attached hydrogens (primary N) is 1. The van der Waals surface area contributed by atoms with Crippen molar-refractivity contribution in [2.45, 2.75) is 6.61 Å². The van der Waals surface area contributed by atoms with Crippen LogP contribution in [0.5, 0.6) is 0 Å². The van der Waals surface area contributed by atoms with Crippen molar-refractivity contribution in [3.63, 3.8) is 0 Å². The number of rotatable bonds is 6. The number of ether oxygens (including phenoxy) is 1. The Balaban J connectivity index is 1.72. The molecule has 0 spiro atoms. The van der Waals surface area contributed by atoms with E-state index < -0.39 is 11.9 Å². The molecule has 0 aliphatic rings. The van der Waals surface area contributed by atoms with Gasteiger partial charge >= 0.3 is 5.97 Å². The molecule has 0 fully saturated rings. The number of hydrogen-bond acceptors (Lipinski definition) is 9. The lowest BCUT2D eigenvalue weighted by molar-refractivity contribution is 0.0463. The van der Waals surface area contributed by atoms with Crippen LogP contribution < -0.4 is 16.0 Å². The number of hydrogen-bond donors (Lipinski definition) is 2. The third kappa shape index (κ3) is 4.41. The number of benzene rings is 1. The normalized spacial score (nSPS) is 10.4. The zero-order chi connectivity index (χ0) is 20.1. The first-order valence-corrected chi connectivity index (χ1v) is 8.23. The van der Waals surface area contributed by atoms with Crippen molar-refractivity contribution in [3.05, 3.63) is 59.8 Å². The van der Waals surface area contributed by atoms with E-state index >= 15 is 0 Å². The smallest absolute Gasteiger partial charge is 0.340 e. The third-order valence-corrected chi connectivity index (χ3v) is 3.56. The van der Waals surface area contributed by atoms with E-state index in [-0.39, 0.29) is 35.4 Å². The largest absolute Gasteiger partial charge is 0.459 e. The summed E-state index contributed by atoms with van der Waals surface area (Å²) in [7, 11) is 3.50. The summed E-state index contributed by atoms with van der Waals surface area (Å²) in [5.41, 5.74) is 6.12. The van der Waals surface area contributed by atoms with Crippen LogP contribution in [0.1, 0.15) is 26.7 Å². The van der Waals surface area contributed by atoms with Crippen molar-refractivity contribution in [1.82, 2.24) is 15.0 Å².